The molecule has 1 aliphatic carbocycles. The lowest BCUT2D eigenvalue weighted by molar-refractivity contribution is 0.468. The van der Waals surface area contributed by atoms with Gasteiger partial charge in [0.1, 0.15) is 11.6 Å². The van der Waals surface area contributed by atoms with E-state index in [-0.39, 0.29) is 12.1 Å². The molecule has 0 bridgehead atoms. The van der Waals surface area contributed by atoms with E-state index in [9.17, 15) is 8.78 Å². The molecule has 0 atom stereocenters. The monoisotopic (exact) mass is 239 g/mol. The number of hydrogen-bond donors (Lipinski definition) is 1. The number of rotatable bonds is 5. The summed E-state index contributed by atoms with van der Waals surface area (Å²) >= 11 is 0. The third kappa shape index (κ3) is 3.50. The van der Waals surface area contributed by atoms with Crippen molar-refractivity contribution >= 4 is 0 Å². The van der Waals surface area contributed by atoms with Crippen LogP contribution in [0.5, 0.6) is 0 Å². The van der Waals surface area contributed by atoms with E-state index in [2.05, 4.69) is 5.32 Å². The summed E-state index contributed by atoms with van der Waals surface area (Å²) in [7, 11) is 0. The lowest BCUT2D eigenvalue weighted by Gasteiger charge is -2.10. The van der Waals surface area contributed by atoms with Crippen LogP contribution in [-0.2, 0) is 6.54 Å². The van der Waals surface area contributed by atoms with Crippen LogP contribution in [0.2, 0.25) is 0 Å². The van der Waals surface area contributed by atoms with Crippen molar-refractivity contribution in [3.8, 4) is 0 Å². The molecule has 17 heavy (non-hydrogen) atoms. The summed E-state index contributed by atoms with van der Waals surface area (Å²) in [6.45, 7) is 1.13. The Kier molecular flexibility index (Phi) is 4.49. The molecule has 3 heteroatoms. The molecule has 0 amide bonds. The Morgan fingerprint density at radius 3 is 2.41 bits per heavy atom. The van der Waals surface area contributed by atoms with Crippen molar-refractivity contribution in [1.29, 1.82) is 0 Å². The second-order valence-electron chi connectivity index (χ2n) is 4.82. The zero-order chi connectivity index (χ0) is 12.1. The summed E-state index contributed by atoms with van der Waals surface area (Å²) in [5, 5.41) is 3.13. The van der Waals surface area contributed by atoms with Crippen molar-refractivity contribution in [2.75, 3.05) is 6.54 Å². The van der Waals surface area contributed by atoms with E-state index in [0.717, 1.165) is 18.9 Å². The van der Waals surface area contributed by atoms with Gasteiger partial charge in [0.05, 0.1) is 0 Å². The van der Waals surface area contributed by atoms with Crippen molar-refractivity contribution < 1.29 is 8.78 Å². The van der Waals surface area contributed by atoms with E-state index in [0.29, 0.717) is 0 Å². The summed E-state index contributed by atoms with van der Waals surface area (Å²) in [5.41, 5.74) is 0.152. The molecule has 1 aliphatic rings. The van der Waals surface area contributed by atoms with E-state index in [1.54, 1.807) is 0 Å². The van der Waals surface area contributed by atoms with Crippen molar-refractivity contribution in [1.82, 2.24) is 5.32 Å². The Bertz CT molecular complexity index is 339. The fourth-order valence-electron chi connectivity index (χ4n) is 2.52. The average Bonchev–Trinajstić information content (AvgIpc) is 2.80. The largest absolute Gasteiger partial charge is 0.312 e. The molecule has 0 aromatic heterocycles. The fraction of sp³-hybridized carbons (Fsp3) is 0.571. The Labute approximate surface area is 101 Å². The second kappa shape index (κ2) is 6.10. The zero-order valence-electron chi connectivity index (χ0n) is 10.0. The van der Waals surface area contributed by atoms with Crippen LogP contribution >= 0.6 is 0 Å². The van der Waals surface area contributed by atoms with Gasteiger partial charge in [0, 0.05) is 12.1 Å². The Hall–Kier alpha value is -0.960. The Balaban J connectivity index is 1.74. The van der Waals surface area contributed by atoms with Gasteiger partial charge in [-0.15, -0.1) is 0 Å². The maximum atomic E-state index is 13.3. The van der Waals surface area contributed by atoms with Crippen molar-refractivity contribution in [2.45, 2.75) is 38.6 Å². The normalized spacial score (nSPS) is 16.6. The molecule has 1 saturated carbocycles. The van der Waals surface area contributed by atoms with Gasteiger partial charge in [-0.25, -0.2) is 8.78 Å². The lowest BCUT2D eigenvalue weighted by Crippen LogP contribution is -2.18. The first kappa shape index (κ1) is 12.5. The van der Waals surface area contributed by atoms with Gasteiger partial charge >= 0.3 is 0 Å². The quantitative estimate of drug-likeness (QED) is 0.774. The smallest absolute Gasteiger partial charge is 0.130 e. The first-order valence-corrected chi connectivity index (χ1v) is 6.41. The maximum absolute atomic E-state index is 13.3. The van der Waals surface area contributed by atoms with E-state index >= 15 is 0 Å². The topological polar surface area (TPSA) is 12.0 Å². The predicted octanol–water partition coefficient (Wildman–Crippen LogP) is 3.63. The van der Waals surface area contributed by atoms with Gasteiger partial charge in [-0.2, -0.15) is 0 Å². The van der Waals surface area contributed by atoms with E-state index in [1.807, 2.05) is 0 Å². The van der Waals surface area contributed by atoms with Crippen LogP contribution in [0.15, 0.2) is 18.2 Å². The van der Waals surface area contributed by atoms with Gasteiger partial charge in [0.25, 0.3) is 0 Å². The van der Waals surface area contributed by atoms with Crippen LogP contribution < -0.4 is 5.32 Å². The van der Waals surface area contributed by atoms with Gasteiger partial charge in [0.2, 0.25) is 0 Å². The molecule has 2 rings (SSSR count). The SMILES string of the molecule is Fc1cccc(F)c1CNCCC1CCCC1. The summed E-state index contributed by atoms with van der Waals surface area (Å²) < 4.78 is 26.6. The molecule has 1 N–H and O–H groups in total. The molecule has 0 spiro atoms. The number of hydrogen-bond acceptors (Lipinski definition) is 1. The van der Waals surface area contributed by atoms with E-state index in [4.69, 9.17) is 0 Å². The highest BCUT2D eigenvalue weighted by Gasteiger charge is 2.14. The molecule has 94 valence electrons. The molecule has 0 unspecified atom stereocenters. The third-order valence-corrected chi connectivity index (χ3v) is 3.57. The first-order chi connectivity index (χ1) is 8.27. The van der Waals surface area contributed by atoms with Crippen LogP contribution in [-0.4, -0.2) is 6.54 Å². The molecule has 1 aromatic carbocycles. The molecule has 1 aromatic rings. The molecule has 0 aliphatic heterocycles. The van der Waals surface area contributed by atoms with Gasteiger partial charge in [-0.3, -0.25) is 0 Å². The highest BCUT2D eigenvalue weighted by molar-refractivity contribution is 5.19. The summed E-state index contributed by atoms with van der Waals surface area (Å²) in [6, 6.07) is 4.00. The van der Waals surface area contributed by atoms with Gasteiger partial charge in [-0.05, 0) is 31.0 Å². The summed E-state index contributed by atoms with van der Waals surface area (Å²) in [6.07, 6.45) is 6.43. The molecular formula is C14H19F2N. The Morgan fingerprint density at radius 2 is 1.76 bits per heavy atom. The van der Waals surface area contributed by atoms with Crippen molar-refractivity contribution in [2.24, 2.45) is 5.92 Å². The van der Waals surface area contributed by atoms with E-state index < -0.39 is 11.6 Å². The molecular weight excluding hydrogens is 220 g/mol. The van der Waals surface area contributed by atoms with Crippen molar-refractivity contribution in [3.63, 3.8) is 0 Å². The Morgan fingerprint density at radius 1 is 1.12 bits per heavy atom. The minimum atomic E-state index is -0.460. The zero-order valence-corrected chi connectivity index (χ0v) is 10.0. The van der Waals surface area contributed by atoms with Crippen LogP contribution in [0.1, 0.15) is 37.7 Å². The molecule has 0 heterocycles. The van der Waals surface area contributed by atoms with Crippen molar-refractivity contribution in [3.05, 3.63) is 35.4 Å². The van der Waals surface area contributed by atoms with Crippen LogP contribution in [0.25, 0.3) is 0 Å². The second-order valence-corrected chi connectivity index (χ2v) is 4.82. The minimum Gasteiger partial charge on any atom is -0.312 e. The summed E-state index contributed by atoms with van der Waals surface area (Å²) in [4.78, 5) is 0. The number of halogens is 2. The van der Waals surface area contributed by atoms with Gasteiger partial charge in [-0.1, -0.05) is 31.7 Å². The van der Waals surface area contributed by atoms with Gasteiger partial charge in [0.15, 0.2) is 0 Å². The molecule has 0 saturated heterocycles. The molecule has 1 nitrogen and oxygen atoms in total. The average molecular weight is 239 g/mol. The van der Waals surface area contributed by atoms with E-state index in [1.165, 1.54) is 43.9 Å². The molecule has 0 radical (unpaired) electrons. The predicted molar refractivity (Wildman–Crippen MR) is 64.6 cm³/mol. The van der Waals surface area contributed by atoms with Crippen LogP contribution in [0.3, 0.4) is 0 Å². The fourth-order valence-corrected chi connectivity index (χ4v) is 2.52. The lowest BCUT2D eigenvalue weighted by atomic mass is 10.0. The van der Waals surface area contributed by atoms with Crippen LogP contribution in [0, 0.1) is 17.6 Å². The minimum absolute atomic E-state index is 0.152. The van der Waals surface area contributed by atoms with Crippen LogP contribution in [0.4, 0.5) is 8.78 Å². The van der Waals surface area contributed by atoms with Gasteiger partial charge < -0.3 is 5.32 Å². The highest BCUT2D eigenvalue weighted by Crippen LogP contribution is 2.26. The maximum Gasteiger partial charge on any atom is 0.130 e. The number of benzene rings is 1. The first-order valence-electron chi connectivity index (χ1n) is 6.41. The highest BCUT2D eigenvalue weighted by atomic mass is 19.1. The standard InChI is InChI=1S/C14H19F2N/c15-13-6-3-7-14(16)12(13)10-17-9-8-11-4-1-2-5-11/h3,6-7,11,17H,1-2,4-5,8-10H2. The summed E-state index contributed by atoms with van der Waals surface area (Å²) in [5.74, 6) is -0.107. The number of nitrogens with one attached hydrogen (secondary N) is 1. The molecule has 1 fully saturated rings. The third-order valence-electron chi connectivity index (χ3n) is 3.57.